The van der Waals surface area contributed by atoms with Crippen molar-refractivity contribution >= 4 is 17.8 Å². The molecule has 0 heterocycles. The highest BCUT2D eigenvalue weighted by Crippen LogP contribution is 2.22. The van der Waals surface area contributed by atoms with Crippen LogP contribution in [0.5, 0.6) is 0 Å². The van der Waals surface area contributed by atoms with E-state index in [4.69, 9.17) is 5.73 Å². The van der Waals surface area contributed by atoms with E-state index in [-0.39, 0.29) is 0 Å². The number of hydrogen-bond donors (Lipinski definition) is 1. The molecular formula is C11H15NS. The molecule has 1 aromatic carbocycles. The van der Waals surface area contributed by atoms with E-state index in [1.54, 1.807) is 11.8 Å². The number of thioether (sulfide) groups is 1. The summed E-state index contributed by atoms with van der Waals surface area (Å²) in [4.78, 5) is 1.31. The third kappa shape index (κ3) is 2.90. The first-order valence-corrected chi connectivity index (χ1v) is 5.51. The zero-order chi connectivity index (χ0) is 9.68. The minimum absolute atomic E-state index is 0.599. The van der Waals surface area contributed by atoms with Crippen LogP contribution in [0.3, 0.4) is 0 Å². The predicted octanol–water partition coefficient (Wildman–Crippen LogP) is 2.69. The zero-order valence-electron chi connectivity index (χ0n) is 8.08. The average molecular weight is 193 g/mol. The normalized spacial score (nSPS) is 11.0. The van der Waals surface area contributed by atoms with Crippen molar-refractivity contribution in [2.45, 2.75) is 11.8 Å². The van der Waals surface area contributed by atoms with Crippen LogP contribution in [-0.2, 0) is 0 Å². The van der Waals surface area contributed by atoms with Gasteiger partial charge in [0.05, 0.1) is 0 Å². The molecule has 0 aliphatic heterocycles. The predicted molar refractivity (Wildman–Crippen MR) is 61.0 cm³/mol. The van der Waals surface area contributed by atoms with E-state index < -0.39 is 0 Å². The number of hydrogen-bond acceptors (Lipinski definition) is 2. The quantitative estimate of drug-likeness (QED) is 0.747. The Kier molecular flexibility index (Phi) is 4.06. The fourth-order valence-electron chi connectivity index (χ4n) is 1.15. The van der Waals surface area contributed by atoms with Gasteiger partial charge in [-0.1, -0.05) is 24.3 Å². The minimum Gasteiger partial charge on any atom is -0.327 e. The summed E-state index contributed by atoms with van der Waals surface area (Å²) in [6, 6.07) is 6.45. The van der Waals surface area contributed by atoms with Crippen molar-refractivity contribution in [3.63, 3.8) is 0 Å². The third-order valence-electron chi connectivity index (χ3n) is 1.82. The van der Waals surface area contributed by atoms with Gasteiger partial charge in [0.1, 0.15) is 0 Å². The minimum atomic E-state index is 0.599. The Morgan fingerprint density at radius 1 is 1.46 bits per heavy atom. The van der Waals surface area contributed by atoms with E-state index >= 15 is 0 Å². The summed E-state index contributed by atoms with van der Waals surface area (Å²) in [5.74, 6) is 0. The van der Waals surface area contributed by atoms with E-state index in [1.807, 2.05) is 6.08 Å². The van der Waals surface area contributed by atoms with Crippen molar-refractivity contribution in [1.29, 1.82) is 0 Å². The van der Waals surface area contributed by atoms with Crippen LogP contribution in [0.2, 0.25) is 0 Å². The van der Waals surface area contributed by atoms with Gasteiger partial charge >= 0.3 is 0 Å². The topological polar surface area (TPSA) is 26.0 Å². The Morgan fingerprint density at radius 2 is 2.23 bits per heavy atom. The van der Waals surface area contributed by atoms with Gasteiger partial charge in [-0.2, -0.15) is 0 Å². The fourth-order valence-corrected chi connectivity index (χ4v) is 1.83. The summed E-state index contributed by atoms with van der Waals surface area (Å²) < 4.78 is 0. The molecule has 70 valence electrons. The van der Waals surface area contributed by atoms with Gasteiger partial charge in [-0.15, -0.1) is 11.8 Å². The molecule has 0 spiro atoms. The number of benzene rings is 1. The lowest BCUT2D eigenvalue weighted by Gasteiger charge is -2.03. The van der Waals surface area contributed by atoms with Crippen LogP contribution < -0.4 is 5.73 Å². The van der Waals surface area contributed by atoms with E-state index in [0.29, 0.717) is 6.54 Å². The van der Waals surface area contributed by atoms with Gasteiger partial charge in [0.15, 0.2) is 0 Å². The Hall–Kier alpha value is -0.730. The van der Waals surface area contributed by atoms with E-state index in [0.717, 1.165) is 0 Å². The summed E-state index contributed by atoms with van der Waals surface area (Å²) in [5, 5.41) is 0. The van der Waals surface area contributed by atoms with Crippen molar-refractivity contribution in [3.05, 3.63) is 35.4 Å². The maximum absolute atomic E-state index is 5.40. The molecule has 1 rings (SSSR count). The Balaban J connectivity index is 2.99. The fraction of sp³-hybridized carbons (Fsp3) is 0.273. The molecule has 0 bridgehead atoms. The first-order chi connectivity index (χ1) is 6.27. The molecular weight excluding hydrogens is 178 g/mol. The van der Waals surface area contributed by atoms with Crippen molar-refractivity contribution in [1.82, 2.24) is 0 Å². The van der Waals surface area contributed by atoms with Gasteiger partial charge in [0, 0.05) is 11.4 Å². The van der Waals surface area contributed by atoms with Crippen LogP contribution in [0, 0.1) is 6.92 Å². The van der Waals surface area contributed by atoms with Gasteiger partial charge in [-0.3, -0.25) is 0 Å². The molecule has 0 aliphatic carbocycles. The number of rotatable bonds is 3. The Bertz CT molecular complexity index is 305. The summed E-state index contributed by atoms with van der Waals surface area (Å²) in [5.41, 5.74) is 7.96. The van der Waals surface area contributed by atoms with Gasteiger partial charge in [-0.05, 0) is 30.4 Å². The van der Waals surface area contributed by atoms with E-state index in [1.165, 1.54) is 16.0 Å². The molecule has 0 radical (unpaired) electrons. The van der Waals surface area contributed by atoms with Crippen molar-refractivity contribution < 1.29 is 0 Å². The van der Waals surface area contributed by atoms with E-state index in [9.17, 15) is 0 Å². The highest BCUT2D eigenvalue weighted by molar-refractivity contribution is 7.98. The van der Waals surface area contributed by atoms with Crippen LogP contribution in [0.1, 0.15) is 11.1 Å². The van der Waals surface area contributed by atoms with Crippen LogP contribution in [0.25, 0.3) is 6.08 Å². The van der Waals surface area contributed by atoms with Crippen LogP contribution in [0.4, 0.5) is 0 Å². The molecule has 1 aromatic rings. The number of nitrogens with two attached hydrogens (primary N) is 1. The van der Waals surface area contributed by atoms with Crippen molar-refractivity contribution in [2.75, 3.05) is 12.8 Å². The lowest BCUT2D eigenvalue weighted by Crippen LogP contribution is -1.92. The largest absolute Gasteiger partial charge is 0.327 e. The van der Waals surface area contributed by atoms with Crippen molar-refractivity contribution in [2.24, 2.45) is 5.73 Å². The molecule has 2 N–H and O–H groups in total. The standard InChI is InChI=1S/C11H15NS/c1-9-5-6-10(4-3-7-12)11(8-9)13-2/h3-6,8H,7,12H2,1-2H3/b4-3+. The monoisotopic (exact) mass is 193 g/mol. The second-order valence-electron chi connectivity index (χ2n) is 2.88. The molecule has 2 heteroatoms. The summed E-state index contributed by atoms with van der Waals surface area (Å²) in [6.07, 6.45) is 6.14. The maximum Gasteiger partial charge on any atom is 0.0144 e. The highest BCUT2D eigenvalue weighted by Gasteiger charge is 1.97. The molecule has 0 atom stereocenters. The lowest BCUT2D eigenvalue weighted by molar-refractivity contribution is 1.26. The third-order valence-corrected chi connectivity index (χ3v) is 2.62. The highest BCUT2D eigenvalue weighted by atomic mass is 32.2. The Labute approximate surface area is 84.0 Å². The summed E-state index contributed by atoms with van der Waals surface area (Å²) >= 11 is 1.77. The second kappa shape index (κ2) is 5.10. The van der Waals surface area contributed by atoms with Gasteiger partial charge in [0.25, 0.3) is 0 Å². The molecule has 0 aromatic heterocycles. The molecule has 0 aliphatic rings. The Morgan fingerprint density at radius 3 is 2.85 bits per heavy atom. The molecule has 0 fully saturated rings. The maximum atomic E-state index is 5.40. The van der Waals surface area contributed by atoms with Gasteiger partial charge < -0.3 is 5.73 Å². The van der Waals surface area contributed by atoms with Crippen LogP contribution >= 0.6 is 11.8 Å². The van der Waals surface area contributed by atoms with Gasteiger partial charge in [0.2, 0.25) is 0 Å². The zero-order valence-corrected chi connectivity index (χ0v) is 8.90. The first-order valence-electron chi connectivity index (χ1n) is 4.29. The molecule has 0 saturated heterocycles. The average Bonchev–Trinajstić information content (AvgIpc) is 2.16. The lowest BCUT2D eigenvalue weighted by atomic mass is 10.1. The van der Waals surface area contributed by atoms with Crippen LogP contribution in [-0.4, -0.2) is 12.8 Å². The molecule has 13 heavy (non-hydrogen) atoms. The smallest absolute Gasteiger partial charge is 0.0144 e. The molecule has 0 unspecified atom stereocenters. The molecule has 0 amide bonds. The second-order valence-corrected chi connectivity index (χ2v) is 3.73. The molecule has 1 nitrogen and oxygen atoms in total. The summed E-state index contributed by atoms with van der Waals surface area (Å²) in [6.45, 7) is 2.71. The number of aryl methyl sites for hydroxylation is 1. The van der Waals surface area contributed by atoms with Crippen molar-refractivity contribution in [3.8, 4) is 0 Å². The summed E-state index contributed by atoms with van der Waals surface area (Å²) in [7, 11) is 0. The molecule has 0 saturated carbocycles. The van der Waals surface area contributed by atoms with Crippen LogP contribution in [0.15, 0.2) is 29.2 Å². The van der Waals surface area contributed by atoms with Gasteiger partial charge in [-0.25, -0.2) is 0 Å². The van der Waals surface area contributed by atoms with E-state index in [2.05, 4.69) is 37.5 Å². The SMILES string of the molecule is CSc1cc(C)ccc1/C=C/CN. The first kappa shape index (κ1) is 10.4.